The van der Waals surface area contributed by atoms with Crippen molar-refractivity contribution in [3.8, 4) is 11.5 Å². The van der Waals surface area contributed by atoms with Crippen molar-refractivity contribution in [2.75, 3.05) is 13.2 Å². The Bertz CT molecular complexity index is 718. The molecule has 1 amide bonds. The smallest absolute Gasteiger partial charge is 0.222 e. The van der Waals surface area contributed by atoms with Crippen LogP contribution in [0.1, 0.15) is 43.0 Å². The normalized spacial score (nSPS) is 15.3. The summed E-state index contributed by atoms with van der Waals surface area (Å²) in [5, 5.41) is 3.08. The first-order chi connectivity index (χ1) is 12.2. The summed E-state index contributed by atoms with van der Waals surface area (Å²) in [7, 11) is 0. The van der Waals surface area contributed by atoms with Crippen molar-refractivity contribution >= 4 is 5.91 Å². The van der Waals surface area contributed by atoms with Crippen molar-refractivity contribution < 1.29 is 14.3 Å². The van der Waals surface area contributed by atoms with Crippen molar-refractivity contribution in [2.45, 2.75) is 31.8 Å². The van der Waals surface area contributed by atoms with Crippen LogP contribution in [-0.4, -0.2) is 19.1 Å². The Morgan fingerprint density at radius 2 is 1.80 bits per heavy atom. The Balaban J connectivity index is 1.64. The zero-order valence-corrected chi connectivity index (χ0v) is 14.4. The van der Waals surface area contributed by atoms with Crippen LogP contribution in [0.2, 0.25) is 0 Å². The Morgan fingerprint density at radius 1 is 1.08 bits per heavy atom. The number of nitrogens with two attached hydrogens (primary N) is 1. The van der Waals surface area contributed by atoms with E-state index in [1.807, 2.05) is 55.5 Å². The summed E-state index contributed by atoms with van der Waals surface area (Å²) >= 11 is 0. The molecule has 2 atom stereocenters. The lowest BCUT2D eigenvalue weighted by Gasteiger charge is -2.23. The molecule has 3 N–H and O–H groups in total. The van der Waals surface area contributed by atoms with Gasteiger partial charge in [0.2, 0.25) is 5.91 Å². The molecule has 2 aromatic rings. The molecule has 1 heterocycles. The fourth-order valence-electron chi connectivity index (χ4n) is 2.97. The number of rotatable bonds is 6. The van der Waals surface area contributed by atoms with E-state index < -0.39 is 0 Å². The molecule has 0 aromatic heterocycles. The molecule has 5 nitrogen and oxygen atoms in total. The number of carbonyl (C=O) groups excluding carboxylic acids is 1. The van der Waals surface area contributed by atoms with Crippen LogP contribution in [0.5, 0.6) is 11.5 Å². The summed E-state index contributed by atoms with van der Waals surface area (Å²) in [6.45, 7) is 3.15. The highest BCUT2D eigenvalue weighted by molar-refractivity contribution is 5.77. The van der Waals surface area contributed by atoms with Crippen LogP contribution >= 0.6 is 0 Å². The van der Waals surface area contributed by atoms with E-state index >= 15 is 0 Å². The number of ether oxygens (including phenoxy) is 2. The maximum Gasteiger partial charge on any atom is 0.222 e. The van der Waals surface area contributed by atoms with E-state index in [9.17, 15) is 4.79 Å². The van der Waals surface area contributed by atoms with Gasteiger partial charge in [-0.1, -0.05) is 43.3 Å². The van der Waals surface area contributed by atoms with Crippen LogP contribution in [0.3, 0.4) is 0 Å². The lowest BCUT2D eigenvalue weighted by molar-refractivity contribution is -0.122. The fraction of sp³-hybridized carbons (Fsp3) is 0.350. The van der Waals surface area contributed by atoms with Crippen LogP contribution in [-0.2, 0) is 4.79 Å². The highest BCUT2D eigenvalue weighted by Gasteiger charge is 2.19. The number of fused-ring (bicyclic) bond motifs is 1. The Hall–Kier alpha value is -2.53. The summed E-state index contributed by atoms with van der Waals surface area (Å²) < 4.78 is 11.2. The molecule has 0 saturated heterocycles. The molecule has 25 heavy (non-hydrogen) atoms. The molecule has 0 spiro atoms. The first-order valence-corrected chi connectivity index (χ1v) is 8.66. The van der Waals surface area contributed by atoms with E-state index in [-0.39, 0.29) is 24.4 Å². The lowest BCUT2D eigenvalue weighted by atomic mass is 10.0. The molecule has 3 rings (SSSR count). The van der Waals surface area contributed by atoms with Crippen LogP contribution in [0.15, 0.2) is 48.5 Å². The molecule has 2 unspecified atom stereocenters. The van der Waals surface area contributed by atoms with Gasteiger partial charge in [-0.15, -0.1) is 0 Å². The van der Waals surface area contributed by atoms with Crippen LogP contribution in [0.25, 0.3) is 0 Å². The van der Waals surface area contributed by atoms with Crippen LogP contribution in [0.4, 0.5) is 0 Å². The van der Waals surface area contributed by atoms with Gasteiger partial charge in [0.05, 0.1) is 6.04 Å². The van der Waals surface area contributed by atoms with E-state index in [0.717, 1.165) is 29.0 Å². The summed E-state index contributed by atoms with van der Waals surface area (Å²) in [6, 6.07) is 15.1. The zero-order chi connectivity index (χ0) is 17.6. The molecule has 132 valence electrons. The molecule has 5 heteroatoms. The molecule has 0 bridgehead atoms. The molecule has 0 aliphatic carbocycles. The van der Waals surface area contributed by atoms with Crippen molar-refractivity contribution in [1.29, 1.82) is 0 Å². The van der Waals surface area contributed by atoms with Crippen molar-refractivity contribution in [1.82, 2.24) is 5.32 Å². The molecule has 2 aromatic carbocycles. The summed E-state index contributed by atoms with van der Waals surface area (Å²) in [6.07, 6.45) is 1.04. The SMILES string of the molecule is CCC(NC(=O)CC(N)c1ccccc1)c1ccc2c(c1)OCCO2. The van der Waals surface area contributed by atoms with E-state index in [1.165, 1.54) is 0 Å². The third-order valence-electron chi connectivity index (χ3n) is 4.35. The van der Waals surface area contributed by atoms with Gasteiger partial charge in [0.15, 0.2) is 11.5 Å². The quantitative estimate of drug-likeness (QED) is 0.847. The number of hydrogen-bond acceptors (Lipinski definition) is 4. The van der Waals surface area contributed by atoms with E-state index in [4.69, 9.17) is 15.2 Å². The molecular formula is C20H24N2O3. The Labute approximate surface area is 148 Å². The lowest BCUT2D eigenvalue weighted by Crippen LogP contribution is -2.31. The topological polar surface area (TPSA) is 73.6 Å². The number of amides is 1. The first kappa shape index (κ1) is 17.3. The molecule has 1 aliphatic rings. The van der Waals surface area contributed by atoms with Gasteiger partial charge in [-0.2, -0.15) is 0 Å². The van der Waals surface area contributed by atoms with Gasteiger partial charge < -0.3 is 20.5 Å². The van der Waals surface area contributed by atoms with Gasteiger partial charge >= 0.3 is 0 Å². The minimum absolute atomic E-state index is 0.0573. The predicted octanol–water partition coefficient (Wildman–Crippen LogP) is 3.12. The highest BCUT2D eigenvalue weighted by atomic mass is 16.6. The number of carbonyl (C=O) groups is 1. The molecule has 0 fully saturated rings. The number of hydrogen-bond donors (Lipinski definition) is 2. The summed E-state index contributed by atoms with van der Waals surface area (Å²) in [4.78, 5) is 12.4. The largest absolute Gasteiger partial charge is 0.486 e. The van der Waals surface area contributed by atoms with Crippen LogP contribution < -0.4 is 20.5 Å². The average Bonchev–Trinajstić information content (AvgIpc) is 2.66. The fourth-order valence-corrected chi connectivity index (χ4v) is 2.97. The number of benzene rings is 2. The highest BCUT2D eigenvalue weighted by Crippen LogP contribution is 2.33. The minimum atomic E-state index is -0.307. The van der Waals surface area contributed by atoms with Crippen molar-refractivity contribution in [3.63, 3.8) is 0 Å². The van der Waals surface area contributed by atoms with Gasteiger partial charge in [-0.3, -0.25) is 4.79 Å². The molecular weight excluding hydrogens is 316 g/mol. The Kier molecular flexibility index (Phi) is 5.56. The Morgan fingerprint density at radius 3 is 2.52 bits per heavy atom. The third-order valence-corrected chi connectivity index (χ3v) is 4.35. The zero-order valence-electron chi connectivity index (χ0n) is 14.4. The van der Waals surface area contributed by atoms with Gasteiger partial charge in [0.25, 0.3) is 0 Å². The maximum atomic E-state index is 12.4. The molecule has 0 radical (unpaired) electrons. The number of nitrogens with one attached hydrogen (secondary N) is 1. The van der Waals surface area contributed by atoms with Crippen molar-refractivity contribution in [2.24, 2.45) is 5.73 Å². The van der Waals surface area contributed by atoms with Gasteiger partial charge in [0.1, 0.15) is 13.2 Å². The monoisotopic (exact) mass is 340 g/mol. The average molecular weight is 340 g/mol. The van der Waals surface area contributed by atoms with E-state index in [2.05, 4.69) is 5.32 Å². The van der Waals surface area contributed by atoms with Crippen LogP contribution in [0, 0.1) is 0 Å². The second kappa shape index (κ2) is 8.03. The van der Waals surface area contributed by atoms with Crippen molar-refractivity contribution in [3.05, 3.63) is 59.7 Å². The standard InChI is InChI=1S/C20H24N2O3/c1-2-17(15-8-9-18-19(12-15)25-11-10-24-18)22-20(23)13-16(21)14-6-4-3-5-7-14/h3-9,12,16-17H,2,10-11,13,21H2,1H3,(H,22,23). The second-order valence-electron chi connectivity index (χ2n) is 6.15. The summed E-state index contributed by atoms with van der Waals surface area (Å²) in [5.74, 6) is 1.43. The minimum Gasteiger partial charge on any atom is -0.486 e. The molecule has 0 saturated carbocycles. The second-order valence-corrected chi connectivity index (χ2v) is 6.15. The third kappa shape index (κ3) is 4.31. The van der Waals surface area contributed by atoms with Gasteiger partial charge in [0, 0.05) is 12.5 Å². The first-order valence-electron chi connectivity index (χ1n) is 8.66. The molecule has 1 aliphatic heterocycles. The van der Waals surface area contributed by atoms with E-state index in [1.54, 1.807) is 0 Å². The maximum absolute atomic E-state index is 12.4. The van der Waals surface area contributed by atoms with Gasteiger partial charge in [-0.05, 0) is 29.7 Å². The summed E-state index contributed by atoms with van der Waals surface area (Å²) in [5.41, 5.74) is 8.12. The van der Waals surface area contributed by atoms with E-state index in [0.29, 0.717) is 13.2 Å². The van der Waals surface area contributed by atoms with Gasteiger partial charge in [-0.25, -0.2) is 0 Å². The predicted molar refractivity (Wildman–Crippen MR) is 96.6 cm³/mol.